The second-order valence-electron chi connectivity index (χ2n) is 5.67. The highest BCUT2D eigenvalue weighted by Crippen LogP contribution is 2.51. The van der Waals surface area contributed by atoms with E-state index in [2.05, 4.69) is 53.3 Å². The van der Waals surface area contributed by atoms with E-state index in [-0.39, 0.29) is 0 Å². The van der Waals surface area contributed by atoms with Crippen molar-refractivity contribution in [2.75, 3.05) is 0 Å². The third kappa shape index (κ3) is 1.80. The highest BCUT2D eigenvalue weighted by Gasteiger charge is 2.41. The van der Waals surface area contributed by atoms with Gasteiger partial charge in [-0.15, -0.1) is 0 Å². The van der Waals surface area contributed by atoms with Gasteiger partial charge in [-0.2, -0.15) is 0 Å². The molecule has 0 aliphatic heterocycles. The fourth-order valence-electron chi connectivity index (χ4n) is 2.34. The summed E-state index contributed by atoms with van der Waals surface area (Å²) in [6.07, 6.45) is 7.23. The van der Waals surface area contributed by atoms with E-state index in [0.29, 0.717) is 16.7 Å². The lowest BCUT2D eigenvalue weighted by Gasteiger charge is -2.47. The van der Waals surface area contributed by atoms with Crippen LogP contribution in [0.5, 0.6) is 0 Å². The molecule has 0 aromatic rings. The van der Waals surface area contributed by atoms with Crippen LogP contribution < -0.4 is 0 Å². The van der Waals surface area contributed by atoms with Gasteiger partial charge in [0.05, 0.1) is 0 Å². The maximum absolute atomic E-state index is 4.07. The van der Waals surface area contributed by atoms with Crippen LogP contribution >= 0.6 is 0 Å². The van der Waals surface area contributed by atoms with Crippen LogP contribution in [-0.2, 0) is 0 Å². The second-order valence-corrected chi connectivity index (χ2v) is 5.67. The molecular formula is C14H24. The molecule has 2 atom stereocenters. The van der Waals surface area contributed by atoms with Crippen molar-refractivity contribution < 1.29 is 0 Å². The highest BCUT2D eigenvalue weighted by molar-refractivity contribution is 5.18. The highest BCUT2D eigenvalue weighted by atomic mass is 14.5. The summed E-state index contributed by atoms with van der Waals surface area (Å²) in [4.78, 5) is 0. The van der Waals surface area contributed by atoms with E-state index in [9.17, 15) is 0 Å². The van der Waals surface area contributed by atoms with E-state index >= 15 is 0 Å². The smallest absolute Gasteiger partial charge is 0.00231 e. The van der Waals surface area contributed by atoms with E-state index in [1.807, 2.05) is 0 Å². The van der Waals surface area contributed by atoms with Crippen molar-refractivity contribution >= 4 is 0 Å². The first kappa shape index (κ1) is 11.6. The summed E-state index contributed by atoms with van der Waals surface area (Å²) in [6, 6.07) is 0. The third-order valence-corrected chi connectivity index (χ3v) is 4.34. The molecule has 0 saturated heterocycles. The predicted octanol–water partition coefficient (Wildman–Crippen LogP) is 4.58. The molecular weight excluding hydrogens is 168 g/mol. The minimum Gasteiger partial charge on any atom is -0.0995 e. The molecule has 0 aromatic carbocycles. The number of allylic oxidation sites excluding steroid dienone is 3. The molecule has 0 N–H and O–H groups in total. The van der Waals surface area contributed by atoms with Gasteiger partial charge in [0, 0.05) is 0 Å². The predicted molar refractivity (Wildman–Crippen MR) is 64.2 cm³/mol. The lowest BCUT2D eigenvalue weighted by atomic mass is 9.58. The van der Waals surface area contributed by atoms with Crippen molar-refractivity contribution in [1.29, 1.82) is 0 Å². The van der Waals surface area contributed by atoms with E-state index in [1.165, 1.54) is 18.4 Å². The molecule has 0 nitrogen and oxygen atoms in total. The molecule has 1 aliphatic rings. The lowest BCUT2D eigenvalue weighted by Crippen LogP contribution is -2.37. The van der Waals surface area contributed by atoms with Crippen molar-refractivity contribution in [1.82, 2.24) is 0 Å². The number of hydrogen-bond acceptors (Lipinski definition) is 0. The third-order valence-electron chi connectivity index (χ3n) is 4.34. The van der Waals surface area contributed by atoms with Crippen molar-refractivity contribution in [2.24, 2.45) is 16.7 Å². The molecule has 0 saturated carbocycles. The van der Waals surface area contributed by atoms with Crippen LogP contribution in [-0.4, -0.2) is 0 Å². The minimum atomic E-state index is 0.360. The molecule has 0 spiro atoms. The monoisotopic (exact) mass is 192 g/mol. The van der Waals surface area contributed by atoms with Gasteiger partial charge in [0.25, 0.3) is 0 Å². The first-order valence-corrected chi connectivity index (χ1v) is 5.67. The normalized spacial score (nSPS) is 35.6. The number of rotatable bonds is 2. The first-order valence-electron chi connectivity index (χ1n) is 5.67. The van der Waals surface area contributed by atoms with Crippen LogP contribution in [0.1, 0.15) is 47.5 Å². The van der Waals surface area contributed by atoms with E-state index < -0.39 is 0 Å². The van der Waals surface area contributed by atoms with Gasteiger partial charge >= 0.3 is 0 Å². The van der Waals surface area contributed by atoms with Gasteiger partial charge in [0.1, 0.15) is 0 Å². The summed E-state index contributed by atoms with van der Waals surface area (Å²) in [6.45, 7) is 15.6. The molecule has 1 aliphatic carbocycles. The molecule has 0 radical (unpaired) electrons. The summed E-state index contributed by atoms with van der Waals surface area (Å²) in [5.74, 6) is 0.588. The van der Waals surface area contributed by atoms with Crippen molar-refractivity contribution in [3.8, 4) is 0 Å². The van der Waals surface area contributed by atoms with Gasteiger partial charge in [-0.25, -0.2) is 0 Å². The lowest BCUT2D eigenvalue weighted by molar-refractivity contribution is 0.102. The molecule has 0 fully saturated rings. The average molecular weight is 192 g/mol. The summed E-state index contributed by atoms with van der Waals surface area (Å²) >= 11 is 0. The van der Waals surface area contributed by atoms with Gasteiger partial charge in [0.2, 0.25) is 0 Å². The van der Waals surface area contributed by atoms with Gasteiger partial charge in [0.15, 0.2) is 0 Å². The fourth-order valence-corrected chi connectivity index (χ4v) is 2.34. The Bertz CT molecular complexity index is 257. The van der Waals surface area contributed by atoms with Crippen molar-refractivity contribution in [2.45, 2.75) is 47.5 Å². The van der Waals surface area contributed by atoms with Crippen LogP contribution in [0.15, 0.2) is 24.3 Å². The molecule has 2 unspecified atom stereocenters. The van der Waals surface area contributed by atoms with E-state index in [4.69, 9.17) is 0 Å². The SMILES string of the molecule is C=C(C)C1C=CC(C)(CC)C(C)(C)C1. The summed E-state index contributed by atoms with van der Waals surface area (Å²) in [7, 11) is 0. The zero-order valence-corrected chi connectivity index (χ0v) is 10.4. The molecule has 0 bridgehead atoms. The topological polar surface area (TPSA) is 0 Å². The Balaban J connectivity index is 2.97. The Morgan fingerprint density at radius 3 is 2.36 bits per heavy atom. The average Bonchev–Trinajstić information content (AvgIpc) is 2.09. The zero-order valence-electron chi connectivity index (χ0n) is 10.4. The van der Waals surface area contributed by atoms with E-state index in [1.54, 1.807) is 0 Å². The molecule has 80 valence electrons. The molecule has 0 aromatic heterocycles. The Kier molecular flexibility index (Phi) is 2.94. The summed E-state index contributed by atoms with van der Waals surface area (Å²) < 4.78 is 0. The Morgan fingerprint density at radius 2 is 2.00 bits per heavy atom. The maximum Gasteiger partial charge on any atom is -0.00231 e. The molecule has 0 amide bonds. The number of hydrogen-bond donors (Lipinski definition) is 0. The largest absolute Gasteiger partial charge is 0.0995 e. The van der Waals surface area contributed by atoms with Crippen LogP contribution in [0.25, 0.3) is 0 Å². The zero-order chi connectivity index (χ0) is 11.0. The van der Waals surface area contributed by atoms with E-state index in [0.717, 1.165) is 0 Å². The summed E-state index contributed by atoms with van der Waals surface area (Å²) in [5.41, 5.74) is 2.05. The summed E-state index contributed by atoms with van der Waals surface area (Å²) in [5, 5.41) is 0. The molecule has 14 heavy (non-hydrogen) atoms. The van der Waals surface area contributed by atoms with Gasteiger partial charge < -0.3 is 0 Å². The fraction of sp³-hybridized carbons (Fsp3) is 0.714. The molecule has 1 rings (SSSR count). The van der Waals surface area contributed by atoms with Crippen LogP contribution in [0, 0.1) is 16.7 Å². The van der Waals surface area contributed by atoms with Gasteiger partial charge in [-0.1, -0.05) is 52.0 Å². The Morgan fingerprint density at radius 1 is 1.43 bits per heavy atom. The molecule has 0 heteroatoms. The van der Waals surface area contributed by atoms with Crippen LogP contribution in [0.4, 0.5) is 0 Å². The Hall–Kier alpha value is -0.520. The van der Waals surface area contributed by atoms with Crippen molar-refractivity contribution in [3.05, 3.63) is 24.3 Å². The molecule has 0 heterocycles. The Labute approximate surface area is 89.1 Å². The standard InChI is InChI=1S/C14H24/c1-7-14(6)9-8-12(11(2)3)10-13(14,4)5/h8-9,12H,2,7,10H2,1,3-6H3. The first-order chi connectivity index (χ1) is 6.32. The van der Waals surface area contributed by atoms with Crippen molar-refractivity contribution in [3.63, 3.8) is 0 Å². The second kappa shape index (κ2) is 3.56. The maximum atomic E-state index is 4.07. The minimum absolute atomic E-state index is 0.360. The van der Waals surface area contributed by atoms with Gasteiger partial charge in [-0.05, 0) is 36.5 Å². The van der Waals surface area contributed by atoms with Crippen LogP contribution in [0.2, 0.25) is 0 Å². The van der Waals surface area contributed by atoms with Gasteiger partial charge in [-0.3, -0.25) is 0 Å². The quantitative estimate of drug-likeness (QED) is 0.562. The van der Waals surface area contributed by atoms with Crippen LogP contribution in [0.3, 0.4) is 0 Å².